The van der Waals surface area contributed by atoms with E-state index in [0.29, 0.717) is 5.95 Å². The molecule has 5 heterocycles. The van der Waals surface area contributed by atoms with Crippen LogP contribution in [-0.2, 0) is 0 Å². The molecule has 0 saturated heterocycles. The molecule has 14 aromatic rings. The van der Waals surface area contributed by atoms with Crippen molar-refractivity contribution in [2.24, 2.45) is 0 Å². The zero-order chi connectivity index (χ0) is 40.5. The molecule has 5 nitrogen and oxygen atoms in total. The first-order chi connectivity index (χ1) is 30.8. The molecule has 0 atom stereocenters. The summed E-state index contributed by atoms with van der Waals surface area (Å²) in [4.78, 5) is 11.1. The molecule has 0 aliphatic carbocycles. The Labute approximate surface area is 358 Å². The van der Waals surface area contributed by atoms with E-state index >= 15 is 0 Å². The van der Waals surface area contributed by atoms with E-state index in [1.165, 1.54) is 25.7 Å². The zero-order valence-electron chi connectivity index (χ0n) is 33.1. The van der Waals surface area contributed by atoms with Crippen LogP contribution in [0.5, 0.6) is 0 Å². The van der Waals surface area contributed by atoms with Crippen molar-refractivity contribution in [1.82, 2.24) is 19.1 Å². The quantitative estimate of drug-likeness (QED) is 0.178. The Morgan fingerprint density at radius 1 is 0.435 bits per heavy atom. The number of hydrogen-bond acceptors (Lipinski definition) is 4. The van der Waals surface area contributed by atoms with Crippen LogP contribution < -0.4 is 0 Å². The molecule has 0 aliphatic heterocycles. The molecule has 0 aliphatic rings. The highest BCUT2D eigenvalue weighted by molar-refractivity contribution is 7.26. The predicted octanol–water partition coefficient (Wildman–Crippen LogP) is 15.4. The smallest absolute Gasteiger partial charge is 0.235 e. The van der Waals surface area contributed by atoms with E-state index in [9.17, 15) is 0 Å². The Balaban J connectivity index is 1.12. The normalized spacial score (nSPS) is 12.2. The van der Waals surface area contributed by atoms with Gasteiger partial charge in [0.2, 0.25) is 5.95 Å². The minimum atomic E-state index is 0.618. The second kappa shape index (κ2) is 12.7. The number of benzene rings is 9. The summed E-state index contributed by atoms with van der Waals surface area (Å²) in [5.41, 5.74) is 12.2. The van der Waals surface area contributed by atoms with Crippen LogP contribution in [0, 0.1) is 0 Å². The SMILES string of the molecule is c1ccc(-n2c3ccccc3c3c2c2oc4ccccc4c2c2c4ccccc4n(-c4nc(-c5cccc(-c6cccc7c6sc6ccccc67)c5)c5ccccc5n4)c23)cc1. The summed E-state index contributed by atoms with van der Waals surface area (Å²) in [5, 5.41) is 10.2. The molecule has 288 valence electrons. The van der Waals surface area contributed by atoms with Crippen LogP contribution in [0.25, 0.3) is 131 Å². The minimum absolute atomic E-state index is 0.618. The van der Waals surface area contributed by atoms with Gasteiger partial charge in [-0.25, -0.2) is 9.97 Å². The Bertz CT molecular complexity index is 4170. The maximum atomic E-state index is 6.99. The standard InChI is InChI=1S/C56H32N4OS/c1-2-18-35(19-3-1)59-44-28-10-6-23-41(44)50-52-48(49-42-24-7-12-30-46(42)61-54(49)53(50)59)40-22-5-11-29-45(40)60(52)56-57-43-27-9-4-21-39(43)51(58-56)34-17-14-16-33(32-34)36-25-15-26-38-37-20-8-13-31-47(37)62-55(36)38/h1-32H. The fourth-order valence-electron chi connectivity index (χ4n) is 10.1. The van der Waals surface area contributed by atoms with Crippen LogP contribution in [-0.4, -0.2) is 19.1 Å². The summed E-state index contributed by atoms with van der Waals surface area (Å²) in [7, 11) is 0. The van der Waals surface area contributed by atoms with Crippen LogP contribution in [0.2, 0.25) is 0 Å². The summed E-state index contributed by atoms with van der Waals surface area (Å²) in [5.74, 6) is 0.618. The van der Waals surface area contributed by atoms with Gasteiger partial charge in [-0.3, -0.25) is 4.57 Å². The molecule has 0 fully saturated rings. The van der Waals surface area contributed by atoms with Crippen molar-refractivity contribution in [2.45, 2.75) is 0 Å². The fourth-order valence-corrected chi connectivity index (χ4v) is 11.4. The highest BCUT2D eigenvalue weighted by atomic mass is 32.1. The molecule has 0 N–H and O–H groups in total. The summed E-state index contributed by atoms with van der Waals surface area (Å²) < 4.78 is 14.3. The lowest BCUT2D eigenvalue weighted by Gasteiger charge is -2.13. The van der Waals surface area contributed by atoms with Gasteiger partial charge in [-0.05, 0) is 59.7 Å². The summed E-state index contributed by atoms with van der Waals surface area (Å²) >= 11 is 1.86. The third-order valence-electron chi connectivity index (χ3n) is 12.7. The largest absolute Gasteiger partial charge is 0.454 e. The molecule has 14 rings (SSSR count). The van der Waals surface area contributed by atoms with Gasteiger partial charge < -0.3 is 8.98 Å². The molecule has 0 unspecified atom stereocenters. The average Bonchev–Trinajstić information content (AvgIpc) is 4.09. The van der Waals surface area contributed by atoms with E-state index in [2.05, 4.69) is 203 Å². The lowest BCUT2D eigenvalue weighted by molar-refractivity contribution is 0.671. The van der Waals surface area contributed by atoms with Crippen molar-refractivity contribution in [1.29, 1.82) is 0 Å². The molecule has 0 amide bonds. The van der Waals surface area contributed by atoms with Crippen molar-refractivity contribution in [3.8, 4) is 34.0 Å². The Morgan fingerprint density at radius 3 is 1.94 bits per heavy atom. The van der Waals surface area contributed by atoms with Gasteiger partial charge in [-0.1, -0.05) is 146 Å². The van der Waals surface area contributed by atoms with Gasteiger partial charge in [-0.15, -0.1) is 11.3 Å². The highest BCUT2D eigenvalue weighted by Gasteiger charge is 2.28. The van der Waals surface area contributed by atoms with E-state index in [1.54, 1.807) is 0 Å². The number of furan rings is 1. The van der Waals surface area contributed by atoms with Crippen LogP contribution >= 0.6 is 11.3 Å². The van der Waals surface area contributed by atoms with Gasteiger partial charge >= 0.3 is 0 Å². The van der Waals surface area contributed by atoms with E-state index in [4.69, 9.17) is 14.4 Å². The lowest BCUT2D eigenvalue weighted by Crippen LogP contribution is -2.04. The Kier molecular flexibility index (Phi) is 6.92. The number of hydrogen-bond donors (Lipinski definition) is 0. The van der Waals surface area contributed by atoms with Crippen molar-refractivity contribution in [2.75, 3.05) is 0 Å². The molecular weight excluding hydrogens is 777 g/mol. The molecule has 6 heteroatoms. The maximum absolute atomic E-state index is 6.99. The van der Waals surface area contributed by atoms with Crippen molar-refractivity contribution >= 4 is 108 Å². The third-order valence-corrected chi connectivity index (χ3v) is 13.9. The van der Waals surface area contributed by atoms with Gasteiger partial charge in [0.15, 0.2) is 5.58 Å². The summed E-state index contributed by atoms with van der Waals surface area (Å²) in [6.07, 6.45) is 0. The van der Waals surface area contributed by atoms with Crippen LogP contribution in [0.4, 0.5) is 0 Å². The predicted molar refractivity (Wildman–Crippen MR) is 259 cm³/mol. The molecule has 62 heavy (non-hydrogen) atoms. The third kappa shape index (κ3) is 4.61. The van der Waals surface area contributed by atoms with Crippen LogP contribution in [0.1, 0.15) is 0 Å². The zero-order valence-corrected chi connectivity index (χ0v) is 33.9. The molecule has 0 radical (unpaired) electrons. The molecule has 0 bridgehead atoms. The number of para-hydroxylation sites is 5. The van der Waals surface area contributed by atoms with E-state index in [1.807, 2.05) is 11.3 Å². The van der Waals surface area contributed by atoms with Crippen molar-refractivity contribution in [3.05, 3.63) is 194 Å². The van der Waals surface area contributed by atoms with Crippen LogP contribution in [0.3, 0.4) is 0 Å². The van der Waals surface area contributed by atoms with E-state index in [-0.39, 0.29) is 0 Å². The first-order valence-corrected chi connectivity index (χ1v) is 21.7. The second-order valence-electron chi connectivity index (χ2n) is 16.0. The Hall–Kier alpha value is -8.06. The van der Waals surface area contributed by atoms with Gasteiger partial charge in [0, 0.05) is 69.1 Å². The van der Waals surface area contributed by atoms with Crippen molar-refractivity contribution in [3.63, 3.8) is 0 Å². The minimum Gasteiger partial charge on any atom is -0.454 e. The molecule has 9 aromatic carbocycles. The van der Waals surface area contributed by atoms with Gasteiger partial charge in [-0.2, -0.15) is 0 Å². The molecule has 5 aromatic heterocycles. The van der Waals surface area contributed by atoms with Crippen molar-refractivity contribution < 1.29 is 4.42 Å². The number of aromatic nitrogens is 4. The monoisotopic (exact) mass is 808 g/mol. The first kappa shape index (κ1) is 33.7. The van der Waals surface area contributed by atoms with E-state index in [0.717, 1.165) is 99.0 Å². The fraction of sp³-hybridized carbons (Fsp3) is 0. The highest BCUT2D eigenvalue weighted by Crippen LogP contribution is 2.49. The van der Waals surface area contributed by atoms with E-state index < -0.39 is 0 Å². The van der Waals surface area contributed by atoms with Crippen LogP contribution in [0.15, 0.2) is 199 Å². The number of nitrogens with zero attached hydrogens (tertiary/aromatic N) is 4. The first-order valence-electron chi connectivity index (χ1n) is 20.9. The lowest BCUT2D eigenvalue weighted by atomic mass is 9.98. The van der Waals surface area contributed by atoms with Gasteiger partial charge in [0.25, 0.3) is 0 Å². The Morgan fingerprint density at radius 2 is 1.08 bits per heavy atom. The van der Waals surface area contributed by atoms with Gasteiger partial charge in [0.05, 0.1) is 33.3 Å². The number of fused-ring (bicyclic) bond motifs is 16. The molecular formula is C56H32N4OS. The number of thiophene rings is 1. The second-order valence-corrected chi connectivity index (χ2v) is 17.1. The van der Waals surface area contributed by atoms with Gasteiger partial charge in [0.1, 0.15) is 5.58 Å². The average molecular weight is 809 g/mol. The topological polar surface area (TPSA) is 48.8 Å². The summed E-state index contributed by atoms with van der Waals surface area (Å²) in [6, 6.07) is 69.1. The maximum Gasteiger partial charge on any atom is 0.235 e. The number of rotatable bonds is 4. The summed E-state index contributed by atoms with van der Waals surface area (Å²) in [6.45, 7) is 0. The molecule has 0 spiro atoms. The molecule has 0 saturated carbocycles.